The maximum absolute atomic E-state index is 13.4. The van der Waals surface area contributed by atoms with Crippen molar-refractivity contribution in [2.75, 3.05) is 25.0 Å². The van der Waals surface area contributed by atoms with Crippen molar-refractivity contribution < 1.29 is 9.53 Å². The van der Waals surface area contributed by atoms with Crippen LogP contribution in [0.3, 0.4) is 0 Å². The number of hydrogen-bond donors (Lipinski definition) is 1. The molecule has 1 N–H and O–H groups in total. The third-order valence-electron chi connectivity index (χ3n) is 6.96. The minimum Gasteiger partial charge on any atom is -0.493 e. The molecule has 1 aliphatic carbocycles. The smallest absolute Gasteiger partial charge is 0.229 e. The SMILES string of the molecule is Cn1ncc2cc(NC(=O)[C@@H]3CN(CC4CC4)[C@H]4c5ccccc5OC[C@@H]34)ccc21. The largest absolute Gasteiger partial charge is 0.493 e. The van der Waals surface area contributed by atoms with Crippen LogP contribution in [-0.4, -0.2) is 40.3 Å². The van der Waals surface area contributed by atoms with Crippen LogP contribution in [0.15, 0.2) is 48.7 Å². The van der Waals surface area contributed by atoms with Crippen LogP contribution in [-0.2, 0) is 11.8 Å². The molecule has 1 saturated heterocycles. The molecule has 6 heteroatoms. The number of likely N-dealkylation sites (tertiary alicyclic amines) is 1. The fraction of sp³-hybridized carbons (Fsp3) is 0.417. The molecule has 154 valence electrons. The molecule has 3 aromatic rings. The van der Waals surface area contributed by atoms with E-state index in [2.05, 4.69) is 33.5 Å². The molecule has 1 saturated carbocycles. The summed E-state index contributed by atoms with van der Waals surface area (Å²) in [5.74, 6) is 1.96. The first-order valence-electron chi connectivity index (χ1n) is 10.9. The van der Waals surface area contributed by atoms with Crippen LogP contribution < -0.4 is 10.1 Å². The molecule has 3 aliphatic rings. The van der Waals surface area contributed by atoms with Crippen molar-refractivity contribution in [2.24, 2.45) is 24.8 Å². The zero-order valence-corrected chi connectivity index (χ0v) is 17.1. The second kappa shape index (κ2) is 6.84. The van der Waals surface area contributed by atoms with E-state index in [1.165, 1.54) is 18.4 Å². The summed E-state index contributed by atoms with van der Waals surface area (Å²) in [5.41, 5.74) is 3.12. The van der Waals surface area contributed by atoms with Gasteiger partial charge in [-0.3, -0.25) is 14.4 Å². The lowest BCUT2D eigenvalue weighted by atomic mass is 9.85. The predicted molar refractivity (Wildman–Crippen MR) is 115 cm³/mol. The number of nitrogens with zero attached hydrogens (tertiary/aromatic N) is 3. The van der Waals surface area contributed by atoms with Crippen LogP contribution in [0.4, 0.5) is 5.69 Å². The molecular weight excluding hydrogens is 376 g/mol. The highest BCUT2D eigenvalue weighted by atomic mass is 16.5. The number of anilines is 1. The summed E-state index contributed by atoms with van der Waals surface area (Å²) in [4.78, 5) is 15.9. The zero-order chi connectivity index (χ0) is 20.2. The molecule has 0 bridgehead atoms. The minimum atomic E-state index is -0.0771. The Balaban J connectivity index is 1.27. The molecule has 0 unspecified atom stereocenters. The van der Waals surface area contributed by atoms with E-state index in [-0.39, 0.29) is 23.8 Å². The van der Waals surface area contributed by atoms with Gasteiger partial charge >= 0.3 is 0 Å². The summed E-state index contributed by atoms with van der Waals surface area (Å²) in [6, 6.07) is 14.6. The van der Waals surface area contributed by atoms with E-state index in [1.54, 1.807) is 0 Å². The van der Waals surface area contributed by atoms with E-state index in [0.717, 1.165) is 41.3 Å². The number of carbonyl (C=O) groups is 1. The van der Waals surface area contributed by atoms with Gasteiger partial charge in [0.15, 0.2) is 0 Å². The molecule has 0 radical (unpaired) electrons. The summed E-state index contributed by atoms with van der Waals surface area (Å²) in [7, 11) is 1.93. The Hall–Kier alpha value is -2.86. The molecule has 6 rings (SSSR count). The number of nitrogens with one attached hydrogen (secondary N) is 1. The van der Waals surface area contributed by atoms with Crippen molar-refractivity contribution in [3.8, 4) is 5.75 Å². The van der Waals surface area contributed by atoms with E-state index < -0.39 is 0 Å². The van der Waals surface area contributed by atoms with Gasteiger partial charge < -0.3 is 10.1 Å². The van der Waals surface area contributed by atoms with Crippen LogP contribution >= 0.6 is 0 Å². The highest BCUT2D eigenvalue weighted by molar-refractivity contribution is 5.95. The number of aryl methyl sites for hydroxylation is 1. The Kier molecular flexibility index (Phi) is 4.09. The van der Waals surface area contributed by atoms with Gasteiger partial charge in [-0.25, -0.2) is 0 Å². The second-order valence-electron chi connectivity index (χ2n) is 8.99. The maximum Gasteiger partial charge on any atom is 0.229 e. The lowest BCUT2D eigenvalue weighted by Gasteiger charge is -2.34. The van der Waals surface area contributed by atoms with Gasteiger partial charge in [0.25, 0.3) is 0 Å². The van der Waals surface area contributed by atoms with Gasteiger partial charge in [0.1, 0.15) is 5.75 Å². The third kappa shape index (κ3) is 2.98. The highest BCUT2D eigenvalue weighted by Gasteiger charge is 2.49. The molecule has 1 aromatic heterocycles. The molecule has 6 nitrogen and oxygen atoms in total. The summed E-state index contributed by atoms with van der Waals surface area (Å²) < 4.78 is 7.92. The standard InChI is InChI=1S/C24H26N4O2/c1-27-21-9-8-17(10-16(21)11-25-27)26-24(29)19-13-28(12-15-6-7-15)23-18-4-2-3-5-22(18)30-14-20(19)23/h2-5,8-11,15,19-20,23H,6-7,12-14H2,1H3,(H,26,29)/t19-,20+,23+/m1/s1. The van der Waals surface area contributed by atoms with Gasteiger partial charge in [-0.05, 0) is 43.0 Å². The number of hydrogen-bond acceptors (Lipinski definition) is 4. The number of carbonyl (C=O) groups excluding carboxylic acids is 1. The lowest BCUT2D eigenvalue weighted by molar-refractivity contribution is -0.121. The molecule has 3 heterocycles. The number of aromatic nitrogens is 2. The first-order valence-corrected chi connectivity index (χ1v) is 10.9. The highest BCUT2D eigenvalue weighted by Crippen LogP contribution is 2.49. The Bertz CT molecular complexity index is 1120. The van der Waals surface area contributed by atoms with Gasteiger partial charge in [0.2, 0.25) is 5.91 Å². The van der Waals surface area contributed by atoms with Gasteiger partial charge in [-0.15, -0.1) is 0 Å². The van der Waals surface area contributed by atoms with Crippen molar-refractivity contribution in [1.82, 2.24) is 14.7 Å². The number of amides is 1. The first kappa shape index (κ1) is 18.0. The van der Waals surface area contributed by atoms with E-state index in [4.69, 9.17) is 4.74 Å². The summed E-state index contributed by atoms with van der Waals surface area (Å²) >= 11 is 0. The third-order valence-corrected chi connectivity index (χ3v) is 6.96. The second-order valence-corrected chi connectivity index (χ2v) is 8.99. The van der Waals surface area contributed by atoms with Gasteiger partial charge in [-0.1, -0.05) is 18.2 Å². The summed E-state index contributed by atoms with van der Waals surface area (Å²) in [6.07, 6.45) is 4.46. The van der Waals surface area contributed by atoms with E-state index in [9.17, 15) is 4.79 Å². The normalized spacial score (nSPS) is 25.6. The quantitative estimate of drug-likeness (QED) is 0.724. The van der Waals surface area contributed by atoms with E-state index >= 15 is 0 Å². The summed E-state index contributed by atoms with van der Waals surface area (Å²) in [5, 5.41) is 8.50. The molecule has 30 heavy (non-hydrogen) atoms. The fourth-order valence-corrected chi connectivity index (χ4v) is 5.24. The summed E-state index contributed by atoms with van der Waals surface area (Å²) in [6.45, 7) is 2.48. The Morgan fingerprint density at radius 2 is 2.10 bits per heavy atom. The van der Waals surface area contributed by atoms with Crippen molar-refractivity contribution in [3.63, 3.8) is 0 Å². The van der Waals surface area contributed by atoms with Crippen LogP contribution in [0.5, 0.6) is 5.75 Å². The maximum atomic E-state index is 13.4. The van der Waals surface area contributed by atoms with Crippen LogP contribution in [0.1, 0.15) is 24.4 Å². The van der Waals surface area contributed by atoms with Crippen molar-refractivity contribution in [1.29, 1.82) is 0 Å². The van der Waals surface area contributed by atoms with Crippen LogP contribution in [0, 0.1) is 17.8 Å². The zero-order valence-electron chi connectivity index (χ0n) is 17.1. The topological polar surface area (TPSA) is 59.4 Å². The average molecular weight is 402 g/mol. The number of rotatable bonds is 4. The molecule has 2 aromatic carbocycles. The number of ether oxygens (including phenoxy) is 1. The Labute approximate surface area is 175 Å². The predicted octanol–water partition coefficient (Wildman–Crippen LogP) is 3.60. The monoisotopic (exact) mass is 402 g/mol. The van der Waals surface area contributed by atoms with Crippen molar-refractivity contribution >= 4 is 22.5 Å². The molecular formula is C24H26N4O2. The van der Waals surface area contributed by atoms with E-state index in [1.807, 2.05) is 42.2 Å². The molecule has 1 amide bonds. The van der Waals surface area contributed by atoms with Crippen LogP contribution in [0.2, 0.25) is 0 Å². The number of fused-ring (bicyclic) bond motifs is 4. The molecule has 3 atom stereocenters. The lowest BCUT2D eigenvalue weighted by Crippen LogP contribution is -2.35. The Morgan fingerprint density at radius 1 is 1.23 bits per heavy atom. The van der Waals surface area contributed by atoms with Gasteiger partial charge in [-0.2, -0.15) is 5.10 Å². The van der Waals surface area contributed by atoms with Crippen molar-refractivity contribution in [2.45, 2.75) is 18.9 Å². The molecule has 2 fully saturated rings. The van der Waals surface area contributed by atoms with Gasteiger partial charge in [0, 0.05) is 48.7 Å². The van der Waals surface area contributed by atoms with E-state index in [0.29, 0.717) is 6.61 Å². The molecule has 2 aliphatic heterocycles. The average Bonchev–Trinajstić information content (AvgIpc) is 3.39. The Morgan fingerprint density at radius 3 is 2.97 bits per heavy atom. The van der Waals surface area contributed by atoms with Crippen LogP contribution in [0.25, 0.3) is 10.9 Å². The first-order chi connectivity index (χ1) is 14.7. The fourth-order valence-electron chi connectivity index (χ4n) is 5.24. The minimum absolute atomic E-state index is 0.0771. The van der Waals surface area contributed by atoms with Crippen molar-refractivity contribution in [3.05, 3.63) is 54.2 Å². The van der Waals surface area contributed by atoms with Gasteiger partial charge in [0.05, 0.1) is 24.2 Å². The number of benzene rings is 2. The molecule has 0 spiro atoms. The number of para-hydroxylation sites is 1.